The molecule has 6 heteroatoms. The molecule has 1 aromatic heterocycles. The van der Waals surface area contributed by atoms with Gasteiger partial charge in [0.25, 0.3) is 0 Å². The van der Waals surface area contributed by atoms with Crippen molar-refractivity contribution in [1.29, 1.82) is 0 Å². The molecular weight excluding hydrogens is 366 g/mol. The molecule has 1 heterocycles. The van der Waals surface area contributed by atoms with Crippen molar-refractivity contribution in [2.75, 3.05) is 13.7 Å². The number of carbonyl (C=O) groups excluding carboxylic acids is 1. The van der Waals surface area contributed by atoms with Crippen LogP contribution in [0.1, 0.15) is 17.7 Å². The van der Waals surface area contributed by atoms with Crippen LogP contribution in [-0.2, 0) is 9.53 Å². The van der Waals surface area contributed by atoms with Gasteiger partial charge in [0.05, 0.1) is 19.4 Å². The van der Waals surface area contributed by atoms with Gasteiger partial charge in [0.15, 0.2) is 4.34 Å². The van der Waals surface area contributed by atoms with Crippen molar-refractivity contribution in [1.82, 2.24) is 4.98 Å². The molecule has 0 aliphatic heterocycles. The SMILES string of the molecule is CCOC(=O)[C@H](Sc1nc(-c2ccc(OC)cc2)cs1)c1ccccc1. The smallest absolute Gasteiger partial charge is 0.324 e. The number of ether oxygens (including phenoxy) is 2. The number of benzene rings is 2. The molecule has 0 N–H and O–H groups in total. The maximum absolute atomic E-state index is 12.4. The highest BCUT2D eigenvalue weighted by Gasteiger charge is 2.24. The van der Waals surface area contributed by atoms with Crippen LogP contribution in [-0.4, -0.2) is 24.7 Å². The Kier molecular flexibility index (Phi) is 6.30. The van der Waals surface area contributed by atoms with Crippen molar-refractivity contribution >= 4 is 29.1 Å². The fraction of sp³-hybridized carbons (Fsp3) is 0.200. The number of thioether (sulfide) groups is 1. The summed E-state index contributed by atoms with van der Waals surface area (Å²) in [7, 11) is 1.64. The molecule has 0 aliphatic carbocycles. The zero-order valence-corrected chi connectivity index (χ0v) is 16.2. The highest BCUT2D eigenvalue weighted by atomic mass is 32.2. The van der Waals surface area contributed by atoms with Gasteiger partial charge in [0.2, 0.25) is 0 Å². The maximum atomic E-state index is 12.4. The van der Waals surface area contributed by atoms with E-state index in [2.05, 4.69) is 4.98 Å². The first-order valence-corrected chi connectivity index (χ1v) is 9.95. The van der Waals surface area contributed by atoms with E-state index in [0.717, 1.165) is 26.9 Å². The number of hydrogen-bond acceptors (Lipinski definition) is 6. The monoisotopic (exact) mass is 385 g/mol. The molecular formula is C20H19NO3S2. The zero-order chi connectivity index (χ0) is 18.4. The molecule has 0 aliphatic rings. The molecule has 0 saturated heterocycles. The number of thiazole rings is 1. The van der Waals surface area contributed by atoms with Gasteiger partial charge in [-0.2, -0.15) is 0 Å². The zero-order valence-electron chi connectivity index (χ0n) is 14.5. The lowest BCUT2D eigenvalue weighted by Crippen LogP contribution is -2.13. The summed E-state index contributed by atoms with van der Waals surface area (Å²) in [4.78, 5) is 17.1. The van der Waals surface area contributed by atoms with Crippen LogP contribution >= 0.6 is 23.1 Å². The van der Waals surface area contributed by atoms with E-state index in [-0.39, 0.29) is 5.97 Å². The topological polar surface area (TPSA) is 48.4 Å². The molecule has 0 amide bonds. The van der Waals surface area contributed by atoms with Gasteiger partial charge in [-0.25, -0.2) is 4.98 Å². The molecule has 0 bridgehead atoms. The van der Waals surface area contributed by atoms with Crippen molar-refractivity contribution in [2.24, 2.45) is 0 Å². The second-order valence-electron chi connectivity index (χ2n) is 5.39. The summed E-state index contributed by atoms with van der Waals surface area (Å²) in [5, 5.41) is 1.57. The van der Waals surface area contributed by atoms with Gasteiger partial charge < -0.3 is 9.47 Å². The third-order valence-corrected chi connectivity index (χ3v) is 5.90. The minimum absolute atomic E-state index is 0.245. The van der Waals surface area contributed by atoms with Crippen LogP contribution in [0.25, 0.3) is 11.3 Å². The van der Waals surface area contributed by atoms with Crippen molar-refractivity contribution in [2.45, 2.75) is 16.5 Å². The van der Waals surface area contributed by atoms with Crippen molar-refractivity contribution in [3.8, 4) is 17.0 Å². The Balaban J connectivity index is 1.81. The predicted octanol–water partition coefficient (Wildman–Crippen LogP) is 5.22. The number of aromatic nitrogens is 1. The van der Waals surface area contributed by atoms with E-state index in [1.807, 2.05) is 66.9 Å². The normalized spacial score (nSPS) is 11.8. The first-order valence-electron chi connectivity index (χ1n) is 8.19. The lowest BCUT2D eigenvalue weighted by atomic mass is 10.1. The second-order valence-corrected chi connectivity index (χ2v) is 7.60. The summed E-state index contributed by atoms with van der Waals surface area (Å²) < 4.78 is 11.3. The van der Waals surface area contributed by atoms with Gasteiger partial charge in [0, 0.05) is 10.9 Å². The first kappa shape index (κ1) is 18.5. The molecule has 26 heavy (non-hydrogen) atoms. The molecule has 0 radical (unpaired) electrons. The Morgan fingerprint density at radius 3 is 2.54 bits per heavy atom. The second kappa shape index (κ2) is 8.87. The molecule has 3 rings (SSSR count). The number of nitrogens with zero attached hydrogens (tertiary/aromatic N) is 1. The molecule has 0 unspecified atom stereocenters. The molecule has 2 aromatic carbocycles. The molecule has 3 aromatic rings. The van der Waals surface area contributed by atoms with Crippen LogP contribution in [0.15, 0.2) is 64.3 Å². The largest absolute Gasteiger partial charge is 0.497 e. The molecule has 1 atom stereocenters. The van der Waals surface area contributed by atoms with Gasteiger partial charge in [-0.3, -0.25) is 4.79 Å². The van der Waals surface area contributed by atoms with Crippen LogP contribution in [0.4, 0.5) is 0 Å². The molecule has 134 valence electrons. The lowest BCUT2D eigenvalue weighted by molar-refractivity contribution is -0.142. The first-order chi connectivity index (χ1) is 12.7. The van der Waals surface area contributed by atoms with E-state index in [0.29, 0.717) is 6.61 Å². The van der Waals surface area contributed by atoms with Gasteiger partial charge in [0.1, 0.15) is 11.0 Å². The van der Waals surface area contributed by atoms with E-state index in [1.165, 1.54) is 23.1 Å². The molecule has 4 nitrogen and oxygen atoms in total. The van der Waals surface area contributed by atoms with Crippen LogP contribution in [0.5, 0.6) is 5.75 Å². The van der Waals surface area contributed by atoms with Crippen LogP contribution < -0.4 is 4.74 Å². The maximum Gasteiger partial charge on any atom is 0.324 e. The summed E-state index contributed by atoms with van der Waals surface area (Å²) in [5.41, 5.74) is 2.81. The third kappa shape index (κ3) is 4.45. The summed E-state index contributed by atoms with van der Waals surface area (Å²) >= 11 is 2.95. The van der Waals surface area contributed by atoms with Gasteiger partial charge in [-0.15, -0.1) is 11.3 Å². The van der Waals surface area contributed by atoms with Crippen LogP contribution in [0.2, 0.25) is 0 Å². The quantitative estimate of drug-likeness (QED) is 0.412. The predicted molar refractivity (Wildman–Crippen MR) is 106 cm³/mol. The Morgan fingerprint density at radius 1 is 1.15 bits per heavy atom. The number of methoxy groups -OCH3 is 1. The summed E-state index contributed by atoms with van der Waals surface area (Å²) in [6.45, 7) is 2.17. The minimum atomic E-state index is -0.425. The van der Waals surface area contributed by atoms with Crippen LogP contribution in [0, 0.1) is 0 Å². The van der Waals surface area contributed by atoms with Crippen molar-refractivity contribution in [3.63, 3.8) is 0 Å². The Bertz CT molecular complexity index is 847. The van der Waals surface area contributed by atoms with E-state index in [9.17, 15) is 4.79 Å². The highest BCUT2D eigenvalue weighted by molar-refractivity contribution is 8.01. The highest BCUT2D eigenvalue weighted by Crippen LogP contribution is 2.39. The summed E-state index contributed by atoms with van der Waals surface area (Å²) in [5.74, 6) is 0.565. The standard InChI is InChI=1S/C20H19NO3S2/c1-3-24-19(22)18(15-7-5-4-6-8-15)26-20-21-17(13-25-20)14-9-11-16(23-2)12-10-14/h4-13,18H,3H2,1-2H3/t18-/m1/s1. The lowest BCUT2D eigenvalue weighted by Gasteiger charge is -2.14. The van der Waals surface area contributed by atoms with E-state index < -0.39 is 5.25 Å². The molecule has 0 spiro atoms. The molecule has 0 saturated carbocycles. The number of carbonyl (C=O) groups is 1. The number of rotatable bonds is 7. The minimum Gasteiger partial charge on any atom is -0.497 e. The van der Waals surface area contributed by atoms with E-state index in [4.69, 9.17) is 9.47 Å². The third-order valence-electron chi connectivity index (χ3n) is 3.69. The average Bonchev–Trinajstić information content (AvgIpc) is 3.16. The summed E-state index contributed by atoms with van der Waals surface area (Å²) in [6.07, 6.45) is 0. The Morgan fingerprint density at radius 2 is 1.88 bits per heavy atom. The summed E-state index contributed by atoms with van der Waals surface area (Å²) in [6, 6.07) is 17.4. The van der Waals surface area contributed by atoms with E-state index >= 15 is 0 Å². The fourth-order valence-corrected chi connectivity index (χ4v) is 4.42. The Labute approximate surface area is 161 Å². The number of hydrogen-bond donors (Lipinski definition) is 0. The van der Waals surface area contributed by atoms with Crippen molar-refractivity contribution in [3.05, 3.63) is 65.5 Å². The van der Waals surface area contributed by atoms with E-state index in [1.54, 1.807) is 7.11 Å². The van der Waals surface area contributed by atoms with Gasteiger partial charge in [-0.1, -0.05) is 42.1 Å². The van der Waals surface area contributed by atoms with Gasteiger partial charge >= 0.3 is 5.97 Å². The fourth-order valence-electron chi connectivity index (χ4n) is 2.40. The van der Waals surface area contributed by atoms with Crippen LogP contribution in [0.3, 0.4) is 0 Å². The van der Waals surface area contributed by atoms with Crippen molar-refractivity contribution < 1.29 is 14.3 Å². The van der Waals surface area contributed by atoms with Gasteiger partial charge in [-0.05, 0) is 36.8 Å². The Hall–Kier alpha value is -2.31. The number of esters is 1. The molecule has 0 fully saturated rings. The average molecular weight is 386 g/mol.